The van der Waals surface area contributed by atoms with Crippen LogP contribution in [0.4, 0.5) is 0 Å². The van der Waals surface area contributed by atoms with Crippen LogP contribution in [0, 0.1) is 0 Å². The van der Waals surface area contributed by atoms with Crippen molar-refractivity contribution in [1.29, 1.82) is 0 Å². The molecule has 0 aromatic rings. The normalized spacial score (nSPS) is 27.3. The molecule has 0 saturated carbocycles. The van der Waals surface area contributed by atoms with Crippen LogP contribution in [0.5, 0.6) is 0 Å². The Hall–Kier alpha value is -0.990. The summed E-state index contributed by atoms with van der Waals surface area (Å²) in [7, 11) is 0. The maximum Gasteiger partial charge on any atom is 0.245 e. The molecule has 2 fully saturated rings. The van der Waals surface area contributed by atoms with E-state index in [-0.39, 0.29) is 11.9 Å². The highest BCUT2D eigenvalue weighted by Gasteiger charge is 2.28. The molecule has 0 aromatic carbocycles. The van der Waals surface area contributed by atoms with Crippen molar-refractivity contribution in [2.24, 2.45) is 0 Å². The van der Waals surface area contributed by atoms with Crippen molar-refractivity contribution < 1.29 is 4.79 Å². The summed E-state index contributed by atoms with van der Waals surface area (Å²) in [5.41, 5.74) is 1.02. The van der Waals surface area contributed by atoms with Crippen LogP contribution in [0.15, 0.2) is 12.3 Å². The zero-order valence-corrected chi connectivity index (χ0v) is 9.30. The van der Waals surface area contributed by atoms with Crippen LogP contribution in [-0.2, 0) is 4.79 Å². The Kier molecular flexibility index (Phi) is 3.29. The molecule has 15 heavy (non-hydrogen) atoms. The fourth-order valence-electron chi connectivity index (χ4n) is 2.41. The van der Waals surface area contributed by atoms with E-state index in [2.05, 4.69) is 11.9 Å². The van der Waals surface area contributed by atoms with Gasteiger partial charge in [-0.05, 0) is 25.7 Å². The summed E-state index contributed by atoms with van der Waals surface area (Å²) < 4.78 is 0. The second kappa shape index (κ2) is 4.69. The van der Waals surface area contributed by atoms with Crippen molar-refractivity contribution in [2.45, 2.75) is 44.6 Å². The van der Waals surface area contributed by atoms with Gasteiger partial charge in [0, 0.05) is 18.8 Å². The summed E-state index contributed by atoms with van der Waals surface area (Å²) in [6.45, 7) is 5.76. The molecule has 3 heteroatoms. The number of carbonyl (C=O) groups is 1. The standard InChI is InChI=1S/C12H20N2O/c1-10-6-7-11(13-10)12(15)14-8-4-2-3-5-9-14/h11,13H,1-9H2. The van der Waals surface area contributed by atoms with Crippen LogP contribution < -0.4 is 5.32 Å². The summed E-state index contributed by atoms with van der Waals surface area (Å²) in [5.74, 6) is 0.288. The molecule has 1 unspecified atom stereocenters. The quantitative estimate of drug-likeness (QED) is 0.710. The molecule has 84 valence electrons. The van der Waals surface area contributed by atoms with Gasteiger partial charge in [-0.3, -0.25) is 4.79 Å². The number of likely N-dealkylation sites (tertiary alicyclic amines) is 1. The van der Waals surface area contributed by atoms with Crippen LogP contribution in [0.2, 0.25) is 0 Å². The second-order valence-electron chi connectivity index (χ2n) is 4.58. The van der Waals surface area contributed by atoms with Gasteiger partial charge in [0.25, 0.3) is 0 Å². The molecule has 0 aliphatic carbocycles. The van der Waals surface area contributed by atoms with Crippen LogP contribution in [0.3, 0.4) is 0 Å². The highest BCUT2D eigenvalue weighted by molar-refractivity contribution is 5.82. The van der Waals surface area contributed by atoms with Crippen molar-refractivity contribution in [3.05, 3.63) is 12.3 Å². The molecular formula is C12H20N2O. The van der Waals surface area contributed by atoms with Gasteiger partial charge in [-0.2, -0.15) is 0 Å². The Bertz CT molecular complexity index is 254. The van der Waals surface area contributed by atoms with E-state index < -0.39 is 0 Å². The average molecular weight is 208 g/mol. The third kappa shape index (κ3) is 2.52. The van der Waals surface area contributed by atoms with Crippen molar-refractivity contribution >= 4 is 5.91 Å². The number of amides is 1. The molecule has 2 rings (SSSR count). The molecule has 3 nitrogen and oxygen atoms in total. The van der Waals surface area contributed by atoms with E-state index in [1.807, 2.05) is 4.90 Å². The third-order valence-corrected chi connectivity index (χ3v) is 3.33. The van der Waals surface area contributed by atoms with E-state index in [0.717, 1.165) is 31.6 Å². The number of nitrogens with zero attached hydrogens (tertiary/aromatic N) is 1. The summed E-state index contributed by atoms with van der Waals surface area (Å²) in [5, 5.41) is 3.19. The van der Waals surface area contributed by atoms with Crippen LogP contribution in [-0.4, -0.2) is 29.9 Å². The van der Waals surface area contributed by atoms with Gasteiger partial charge in [-0.1, -0.05) is 19.4 Å². The Morgan fingerprint density at radius 2 is 1.93 bits per heavy atom. The van der Waals surface area contributed by atoms with E-state index in [9.17, 15) is 4.79 Å². The number of carbonyl (C=O) groups excluding carboxylic acids is 1. The number of nitrogens with one attached hydrogen (secondary N) is 1. The Morgan fingerprint density at radius 3 is 2.47 bits per heavy atom. The molecule has 0 bridgehead atoms. The molecule has 2 heterocycles. The number of hydrogen-bond acceptors (Lipinski definition) is 2. The van der Waals surface area contributed by atoms with E-state index in [0.29, 0.717) is 0 Å². The molecule has 2 aliphatic heterocycles. The maximum absolute atomic E-state index is 12.1. The molecule has 0 aromatic heterocycles. The zero-order chi connectivity index (χ0) is 10.7. The van der Waals surface area contributed by atoms with Gasteiger partial charge in [0.15, 0.2) is 0 Å². The molecule has 0 spiro atoms. The van der Waals surface area contributed by atoms with E-state index in [1.165, 1.54) is 25.7 Å². The lowest BCUT2D eigenvalue weighted by Gasteiger charge is -2.24. The highest BCUT2D eigenvalue weighted by atomic mass is 16.2. The Labute approximate surface area is 91.5 Å². The Morgan fingerprint density at radius 1 is 1.27 bits per heavy atom. The minimum Gasteiger partial charge on any atom is -0.378 e. The monoisotopic (exact) mass is 208 g/mol. The van der Waals surface area contributed by atoms with Crippen LogP contribution in [0.1, 0.15) is 38.5 Å². The highest BCUT2D eigenvalue weighted by Crippen LogP contribution is 2.18. The fourth-order valence-corrected chi connectivity index (χ4v) is 2.41. The second-order valence-corrected chi connectivity index (χ2v) is 4.58. The lowest BCUT2D eigenvalue weighted by molar-refractivity contribution is -0.132. The summed E-state index contributed by atoms with van der Waals surface area (Å²) in [6.07, 6.45) is 6.75. The van der Waals surface area contributed by atoms with Gasteiger partial charge in [0.2, 0.25) is 5.91 Å². The molecule has 1 amide bonds. The van der Waals surface area contributed by atoms with E-state index in [4.69, 9.17) is 0 Å². The molecule has 2 aliphatic rings. The lowest BCUT2D eigenvalue weighted by Crippen LogP contribution is -2.43. The van der Waals surface area contributed by atoms with Crippen LogP contribution in [0.25, 0.3) is 0 Å². The fraction of sp³-hybridized carbons (Fsp3) is 0.750. The van der Waals surface area contributed by atoms with Gasteiger partial charge in [0.1, 0.15) is 6.04 Å². The molecule has 1 N–H and O–H groups in total. The molecule has 0 radical (unpaired) electrons. The smallest absolute Gasteiger partial charge is 0.245 e. The van der Waals surface area contributed by atoms with Crippen molar-refractivity contribution in [3.63, 3.8) is 0 Å². The predicted molar refractivity (Wildman–Crippen MR) is 60.3 cm³/mol. The molecule has 1 atom stereocenters. The predicted octanol–water partition coefficient (Wildman–Crippen LogP) is 1.65. The maximum atomic E-state index is 12.1. The average Bonchev–Trinajstić information content (AvgIpc) is 2.53. The topological polar surface area (TPSA) is 32.3 Å². The van der Waals surface area contributed by atoms with Gasteiger partial charge in [0.05, 0.1) is 0 Å². The summed E-state index contributed by atoms with van der Waals surface area (Å²) in [4.78, 5) is 14.2. The first-order valence-electron chi connectivity index (χ1n) is 6.00. The van der Waals surface area contributed by atoms with Gasteiger partial charge >= 0.3 is 0 Å². The minimum absolute atomic E-state index is 0.00981. The van der Waals surface area contributed by atoms with Crippen molar-refractivity contribution in [2.75, 3.05) is 13.1 Å². The van der Waals surface area contributed by atoms with E-state index in [1.54, 1.807) is 0 Å². The number of rotatable bonds is 1. The van der Waals surface area contributed by atoms with Crippen molar-refractivity contribution in [1.82, 2.24) is 10.2 Å². The minimum atomic E-state index is 0.00981. The van der Waals surface area contributed by atoms with Gasteiger partial charge < -0.3 is 10.2 Å². The molecular weight excluding hydrogens is 188 g/mol. The number of hydrogen-bond donors (Lipinski definition) is 1. The number of allylic oxidation sites excluding steroid dienone is 1. The summed E-state index contributed by atoms with van der Waals surface area (Å²) >= 11 is 0. The van der Waals surface area contributed by atoms with Gasteiger partial charge in [-0.15, -0.1) is 0 Å². The SMILES string of the molecule is C=C1CCC(C(=O)N2CCCCCC2)N1. The first kappa shape index (κ1) is 10.5. The summed E-state index contributed by atoms with van der Waals surface area (Å²) in [6, 6.07) is 0.00981. The van der Waals surface area contributed by atoms with Crippen LogP contribution >= 0.6 is 0 Å². The third-order valence-electron chi connectivity index (χ3n) is 3.33. The zero-order valence-electron chi connectivity index (χ0n) is 9.30. The molecule has 2 saturated heterocycles. The van der Waals surface area contributed by atoms with Gasteiger partial charge in [-0.25, -0.2) is 0 Å². The largest absolute Gasteiger partial charge is 0.378 e. The first-order chi connectivity index (χ1) is 7.27. The van der Waals surface area contributed by atoms with Crippen molar-refractivity contribution in [3.8, 4) is 0 Å². The lowest BCUT2D eigenvalue weighted by atomic mass is 10.2. The Balaban J connectivity index is 1.91. The van der Waals surface area contributed by atoms with E-state index >= 15 is 0 Å². The first-order valence-corrected chi connectivity index (χ1v) is 6.00.